The summed E-state index contributed by atoms with van der Waals surface area (Å²) in [5, 5.41) is 2.66. The zero-order chi connectivity index (χ0) is 12.2. The number of methoxy groups -OCH3 is 1. The average molecular weight is 250 g/mol. The molecule has 1 unspecified atom stereocenters. The van der Waals surface area contributed by atoms with Crippen molar-refractivity contribution in [2.24, 2.45) is 0 Å². The van der Waals surface area contributed by atoms with Crippen LogP contribution in [0, 0.1) is 0 Å². The Hall–Kier alpha value is -0.660. The quantitative estimate of drug-likeness (QED) is 0.691. The lowest BCUT2D eigenvalue weighted by molar-refractivity contribution is -0.126. The normalized spacial score (nSPS) is 23.1. The predicted molar refractivity (Wildman–Crippen MR) is 59.5 cm³/mol. The van der Waals surface area contributed by atoms with Crippen molar-refractivity contribution in [3.05, 3.63) is 0 Å². The fourth-order valence-electron chi connectivity index (χ4n) is 1.72. The molecule has 1 aliphatic rings. The molecule has 1 rings (SSSR count). The molecule has 0 saturated carbocycles. The molecule has 0 aromatic rings. The molecule has 0 aromatic carbocycles. The van der Waals surface area contributed by atoms with Crippen LogP contribution in [-0.2, 0) is 19.6 Å². The SMILES string of the molecule is CCC1C(=O)NCCN1S(=O)(=O)CCOC. The van der Waals surface area contributed by atoms with Gasteiger partial charge in [-0.05, 0) is 6.42 Å². The predicted octanol–water partition coefficient (Wildman–Crippen LogP) is -0.827. The highest BCUT2D eigenvalue weighted by atomic mass is 32.2. The lowest BCUT2D eigenvalue weighted by Crippen LogP contribution is -2.57. The summed E-state index contributed by atoms with van der Waals surface area (Å²) in [4.78, 5) is 11.5. The average Bonchev–Trinajstić information content (AvgIpc) is 2.26. The van der Waals surface area contributed by atoms with Gasteiger partial charge in [-0.1, -0.05) is 6.92 Å². The van der Waals surface area contributed by atoms with Crippen molar-refractivity contribution in [2.45, 2.75) is 19.4 Å². The van der Waals surface area contributed by atoms with Gasteiger partial charge in [0.15, 0.2) is 0 Å². The number of nitrogens with one attached hydrogen (secondary N) is 1. The molecule has 0 spiro atoms. The van der Waals surface area contributed by atoms with Crippen molar-refractivity contribution >= 4 is 15.9 Å². The standard InChI is InChI=1S/C9H18N2O4S/c1-3-8-9(12)10-4-5-11(8)16(13,14)7-6-15-2/h8H,3-7H2,1-2H3,(H,10,12). The zero-order valence-electron chi connectivity index (χ0n) is 9.60. The highest BCUT2D eigenvalue weighted by Gasteiger charge is 2.35. The summed E-state index contributed by atoms with van der Waals surface area (Å²) in [5.41, 5.74) is 0. The minimum Gasteiger partial charge on any atom is -0.384 e. The Morgan fingerprint density at radius 1 is 1.56 bits per heavy atom. The Bertz CT molecular complexity index is 341. The molecular weight excluding hydrogens is 232 g/mol. The zero-order valence-corrected chi connectivity index (χ0v) is 10.4. The summed E-state index contributed by atoms with van der Waals surface area (Å²) < 4.78 is 29.9. The number of carbonyl (C=O) groups is 1. The van der Waals surface area contributed by atoms with E-state index in [9.17, 15) is 13.2 Å². The highest BCUT2D eigenvalue weighted by Crippen LogP contribution is 2.14. The molecule has 1 amide bonds. The Morgan fingerprint density at radius 2 is 2.25 bits per heavy atom. The van der Waals surface area contributed by atoms with E-state index in [2.05, 4.69) is 5.32 Å². The number of ether oxygens (including phenoxy) is 1. The first kappa shape index (κ1) is 13.4. The topological polar surface area (TPSA) is 75.7 Å². The number of sulfonamides is 1. The Labute approximate surface area is 96.0 Å². The van der Waals surface area contributed by atoms with Gasteiger partial charge >= 0.3 is 0 Å². The lowest BCUT2D eigenvalue weighted by atomic mass is 10.2. The van der Waals surface area contributed by atoms with Crippen molar-refractivity contribution in [3.63, 3.8) is 0 Å². The Balaban J connectivity index is 2.79. The molecule has 0 aromatic heterocycles. The molecule has 16 heavy (non-hydrogen) atoms. The Morgan fingerprint density at radius 3 is 2.81 bits per heavy atom. The monoisotopic (exact) mass is 250 g/mol. The van der Waals surface area contributed by atoms with Crippen molar-refractivity contribution in [2.75, 3.05) is 32.6 Å². The van der Waals surface area contributed by atoms with E-state index in [1.165, 1.54) is 11.4 Å². The smallest absolute Gasteiger partial charge is 0.238 e. The first-order valence-corrected chi connectivity index (χ1v) is 6.90. The second kappa shape index (κ2) is 5.60. The molecule has 1 heterocycles. The van der Waals surface area contributed by atoms with Crippen molar-refractivity contribution < 1.29 is 17.9 Å². The van der Waals surface area contributed by atoms with Gasteiger partial charge in [-0.15, -0.1) is 0 Å². The van der Waals surface area contributed by atoms with E-state index in [1.807, 2.05) is 0 Å². The summed E-state index contributed by atoms with van der Waals surface area (Å²) >= 11 is 0. The molecule has 1 N–H and O–H groups in total. The van der Waals surface area contributed by atoms with Gasteiger partial charge in [-0.2, -0.15) is 4.31 Å². The summed E-state index contributed by atoms with van der Waals surface area (Å²) in [7, 11) is -1.94. The number of piperazine rings is 1. The molecule has 0 aliphatic carbocycles. The van der Waals surface area contributed by atoms with E-state index < -0.39 is 16.1 Å². The van der Waals surface area contributed by atoms with Crippen molar-refractivity contribution in [1.82, 2.24) is 9.62 Å². The van der Waals surface area contributed by atoms with Crippen LogP contribution in [0.1, 0.15) is 13.3 Å². The van der Waals surface area contributed by atoms with Gasteiger partial charge in [0.05, 0.1) is 12.4 Å². The number of carbonyl (C=O) groups excluding carboxylic acids is 1. The largest absolute Gasteiger partial charge is 0.384 e. The van der Waals surface area contributed by atoms with Gasteiger partial charge in [-0.25, -0.2) is 8.42 Å². The van der Waals surface area contributed by atoms with Crippen LogP contribution in [0.15, 0.2) is 0 Å². The van der Waals surface area contributed by atoms with E-state index in [1.54, 1.807) is 6.92 Å². The highest BCUT2D eigenvalue weighted by molar-refractivity contribution is 7.89. The minimum atomic E-state index is -3.39. The molecule has 1 aliphatic heterocycles. The summed E-state index contributed by atoms with van der Waals surface area (Å²) in [6.07, 6.45) is 0.484. The van der Waals surface area contributed by atoms with Crippen molar-refractivity contribution in [1.29, 1.82) is 0 Å². The maximum absolute atomic E-state index is 11.9. The summed E-state index contributed by atoms with van der Waals surface area (Å²) in [5.74, 6) is -0.289. The molecule has 7 heteroatoms. The van der Waals surface area contributed by atoms with E-state index in [0.717, 1.165) is 0 Å². The maximum Gasteiger partial charge on any atom is 0.238 e. The van der Waals surface area contributed by atoms with Crippen LogP contribution in [-0.4, -0.2) is 57.2 Å². The van der Waals surface area contributed by atoms with Crippen LogP contribution in [0.5, 0.6) is 0 Å². The first-order valence-electron chi connectivity index (χ1n) is 5.29. The number of hydrogen-bond donors (Lipinski definition) is 1. The van der Waals surface area contributed by atoms with E-state index in [4.69, 9.17) is 4.74 Å². The lowest BCUT2D eigenvalue weighted by Gasteiger charge is -2.33. The number of hydrogen-bond acceptors (Lipinski definition) is 4. The van der Waals surface area contributed by atoms with Gasteiger partial charge < -0.3 is 10.1 Å². The van der Waals surface area contributed by atoms with Gasteiger partial charge in [0.2, 0.25) is 15.9 Å². The second-order valence-electron chi connectivity index (χ2n) is 3.63. The van der Waals surface area contributed by atoms with Crippen LogP contribution in [0.25, 0.3) is 0 Å². The van der Waals surface area contributed by atoms with Gasteiger partial charge in [0.1, 0.15) is 6.04 Å². The maximum atomic E-state index is 11.9. The third kappa shape index (κ3) is 2.93. The van der Waals surface area contributed by atoms with Crippen molar-refractivity contribution in [3.8, 4) is 0 Å². The van der Waals surface area contributed by atoms with Crippen LogP contribution < -0.4 is 5.32 Å². The molecule has 0 bridgehead atoms. The van der Waals surface area contributed by atoms with Crippen LogP contribution in [0.2, 0.25) is 0 Å². The van der Waals surface area contributed by atoms with Gasteiger partial charge in [-0.3, -0.25) is 4.79 Å². The minimum absolute atomic E-state index is 0.0761. The van der Waals surface area contributed by atoms with Gasteiger partial charge in [0.25, 0.3) is 0 Å². The van der Waals surface area contributed by atoms with Crippen LogP contribution in [0.3, 0.4) is 0 Å². The van der Waals surface area contributed by atoms with E-state index >= 15 is 0 Å². The number of rotatable bonds is 5. The molecule has 94 valence electrons. The third-order valence-corrected chi connectivity index (χ3v) is 4.41. The van der Waals surface area contributed by atoms with Gasteiger partial charge in [0, 0.05) is 20.2 Å². The molecule has 0 radical (unpaired) electrons. The first-order chi connectivity index (χ1) is 7.53. The molecule has 1 fully saturated rings. The molecule has 1 atom stereocenters. The molecule has 6 nitrogen and oxygen atoms in total. The molecular formula is C9H18N2O4S. The summed E-state index contributed by atoms with van der Waals surface area (Å²) in [6.45, 7) is 2.67. The van der Waals surface area contributed by atoms with Crippen LogP contribution >= 0.6 is 0 Å². The fraction of sp³-hybridized carbons (Fsp3) is 0.889. The second-order valence-corrected chi connectivity index (χ2v) is 5.68. The van der Waals surface area contributed by atoms with Crippen LogP contribution in [0.4, 0.5) is 0 Å². The number of amides is 1. The Kier molecular flexibility index (Phi) is 4.69. The number of nitrogens with zero attached hydrogens (tertiary/aromatic N) is 1. The molecule has 1 saturated heterocycles. The van der Waals surface area contributed by atoms with E-state index in [0.29, 0.717) is 19.5 Å². The fourth-order valence-corrected chi connectivity index (χ4v) is 3.34. The van der Waals surface area contributed by atoms with E-state index in [-0.39, 0.29) is 18.3 Å². The summed E-state index contributed by atoms with van der Waals surface area (Å²) in [6, 6.07) is -0.574. The third-order valence-electron chi connectivity index (χ3n) is 2.57.